The summed E-state index contributed by atoms with van der Waals surface area (Å²) in [5.41, 5.74) is 2.77. The molecule has 0 aliphatic heterocycles. The molecular weight excluding hydrogens is 364 g/mol. The van der Waals surface area contributed by atoms with Gasteiger partial charge >= 0.3 is 0 Å². The van der Waals surface area contributed by atoms with Crippen molar-refractivity contribution in [1.82, 2.24) is 10.3 Å². The second-order valence-corrected chi connectivity index (χ2v) is 8.84. The number of hydrogen-bond donors (Lipinski definition) is 1. The van der Waals surface area contributed by atoms with E-state index in [0.29, 0.717) is 11.5 Å². The first-order valence-electron chi connectivity index (χ1n) is 9.07. The standard InChI is InChI=1S/C20H22N2O2S2/c1-13-11-25-20(21-13)26-12-16-15-9-5-6-10-17(15)24-18(16)19(23)22-14-7-3-2-4-8-14/h5-6,9-11,14H,2-4,7-8,12H2,1H3,(H,22,23). The van der Waals surface area contributed by atoms with E-state index in [1.165, 1.54) is 19.3 Å². The Balaban J connectivity index is 1.59. The number of para-hydroxylation sites is 1. The van der Waals surface area contributed by atoms with Crippen LogP contribution in [0.3, 0.4) is 0 Å². The first-order valence-corrected chi connectivity index (χ1v) is 10.9. The van der Waals surface area contributed by atoms with Crippen molar-refractivity contribution in [3.8, 4) is 0 Å². The molecule has 2 heterocycles. The van der Waals surface area contributed by atoms with Crippen molar-refractivity contribution < 1.29 is 9.21 Å². The second-order valence-electron chi connectivity index (χ2n) is 6.76. The number of thiazole rings is 1. The van der Waals surface area contributed by atoms with E-state index in [1.54, 1.807) is 23.1 Å². The summed E-state index contributed by atoms with van der Waals surface area (Å²) >= 11 is 3.30. The van der Waals surface area contributed by atoms with E-state index in [2.05, 4.69) is 10.3 Å². The Morgan fingerprint density at radius 2 is 2.12 bits per heavy atom. The smallest absolute Gasteiger partial charge is 0.287 e. The molecule has 1 amide bonds. The number of thioether (sulfide) groups is 1. The van der Waals surface area contributed by atoms with Crippen molar-refractivity contribution in [3.63, 3.8) is 0 Å². The van der Waals surface area contributed by atoms with E-state index < -0.39 is 0 Å². The van der Waals surface area contributed by atoms with Crippen LogP contribution >= 0.6 is 23.1 Å². The highest BCUT2D eigenvalue weighted by Gasteiger charge is 2.24. The summed E-state index contributed by atoms with van der Waals surface area (Å²) in [6, 6.07) is 8.15. The van der Waals surface area contributed by atoms with E-state index in [4.69, 9.17) is 4.42 Å². The Morgan fingerprint density at radius 3 is 2.88 bits per heavy atom. The topological polar surface area (TPSA) is 55.1 Å². The first kappa shape index (κ1) is 17.6. The van der Waals surface area contributed by atoms with Crippen LogP contribution in [-0.4, -0.2) is 16.9 Å². The predicted octanol–water partition coefficient (Wildman–Crippen LogP) is 5.55. The normalized spacial score (nSPS) is 15.4. The van der Waals surface area contributed by atoms with Crippen molar-refractivity contribution in [2.24, 2.45) is 0 Å². The molecule has 1 saturated carbocycles. The molecule has 0 spiro atoms. The number of furan rings is 1. The summed E-state index contributed by atoms with van der Waals surface area (Å²) in [5, 5.41) is 6.25. The number of aromatic nitrogens is 1. The molecule has 1 N–H and O–H groups in total. The maximum absolute atomic E-state index is 12.9. The molecule has 1 aromatic carbocycles. The predicted molar refractivity (Wildman–Crippen MR) is 107 cm³/mol. The zero-order valence-electron chi connectivity index (χ0n) is 14.8. The molecule has 0 saturated heterocycles. The molecule has 0 bridgehead atoms. The summed E-state index contributed by atoms with van der Waals surface area (Å²) in [4.78, 5) is 17.4. The number of nitrogens with zero attached hydrogens (tertiary/aromatic N) is 1. The van der Waals surface area contributed by atoms with Crippen LogP contribution in [0.1, 0.15) is 53.9 Å². The Labute approximate surface area is 161 Å². The Kier molecular flexibility index (Phi) is 5.31. The molecular formula is C20H22N2O2S2. The van der Waals surface area contributed by atoms with Crippen LogP contribution in [0.5, 0.6) is 0 Å². The third-order valence-electron chi connectivity index (χ3n) is 4.78. The number of benzene rings is 1. The van der Waals surface area contributed by atoms with Crippen molar-refractivity contribution >= 4 is 40.0 Å². The number of hydrogen-bond acceptors (Lipinski definition) is 5. The Hall–Kier alpha value is -1.79. The highest BCUT2D eigenvalue weighted by Crippen LogP contribution is 2.33. The minimum atomic E-state index is -0.0842. The van der Waals surface area contributed by atoms with Gasteiger partial charge < -0.3 is 9.73 Å². The van der Waals surface area contributed by atoms with Gasteiger partial charge in [-0.25, -0.2) is 4.98 Å². The quantitative estimate of drug-likeness (QED) is 0.584. The van der Waals surface area contributed by atoms with Crippen molar-refractivity contribution in [2.45, 2.75) is 55.2 Å². The number of aryl methyl sites for hydroxylation is 1. The molecule has 1 aliphatic carbocycles. The minimum Gasteiger partial charge on any atom is -0.451 e. The summed E-state index contributed by atoms with van der Waals surface area (Å²) in [6.45, 7) is 2.00. The summed E-state index contributed by atoms with van der Waals surface area (Å²) in [7, 11) is 0. The zero-order valence-corrected chi connectivity index (χ0v) is 16.4. The molecule has 3 aromatic rings. The van der Waals surface area contributed by atoms with E-state index >= 15 is 0 Å². The highest BCUT2D eigenvalue weighted by atomic mass is 32.2. The largest absolute Gasteiger partial charge is 0.451 e. The minimum absolute atomic E-state index is 0.0842. The van der Waals surface area contributed by atoms with Gasteiger partial charge in [-0.1, -0.05) is 49.2 Å². The Morgan fingerprint density at radius 1 is 1.31 bits per heavy atom. The molecule has 0 unspecified atom stereocenters. The lowest BCUT2D eigenvalue weighted by molar-refractivity contribution is 0.0901. The molecule has 0 atom stereocenters. The molecule has 4 nitrogen and oxygen atoms in total. The van der Waals surface area contributed by atoms with Gasteiger partial charge in [0.15, 0.2) is 5.76 Å². The van der Waals surface area contributed by atoms with Crippen LogP contribution in [0.4, 0.5) is 0 Å². The molecule has 1 aliphatic rings. The van der Waals surface area contributed by atoms with Gasteiger partial charge in [0, 0.05) is 33.8 Å². The van der Waals surface area contributed by atoms with Crippen molar-refractivity contribution in [1.29, 1.82) is 0 Å². The first-order chi connectivity index (χ1) is 12.7. The zero-order chi connectivity index (χ0) is 17.9. The monoisotopic (exact) mass is 386 g/mol. The number of rotatable bonds is 5. The number of amides is 1. The highest BCUT2D eigenvalue weighted by molar-refractivity contribution is 8.00. The van der Waals surface area contributed by atoms with Crippen molar-refractivity contribution in [3.05, 3.63) is 46.7 Å². The van der Waals surface area contributed by atoms with E-state index in [1.807, 2.05) is 36.6 Å². The van der Waals surface area contributed by atoms with E-state index in [-0.39, 0.29) is 11.9 Å². The van der Waals surface area contributed by atoms with Gasteiger partial charge in [0.25, 0.3) is 5.91 Å². The fraction of sp³-hybridized carbons (Fsp3) is 0.400. The fourth-order valence-electron chi connectivity index (χ4n) is 3.46. The molecule has 0 radical (unpaired) electrons. The maximum Gasteiger partial charge on any atom is 0.287 e. The lowest BCUT2D eigenvalue weighted by Crippen LogP contribution is -2.36. The van der Waals surface area contributed by atoms with Gasteiger partial charge in [-0.2, -0.15) is 0 Å². The summed E-state index contributed by atoms with van der Waals surface area (Å²) in [5.74, 6) is 1.05. The van der Waals surface area contributed by atoms with Gasteiger partial charge in [-0.05, 0) is 25.8 Å². The lowest BCUT2D eigenvalue weighted by Gasteiger charge is -2.22. The third kappa shape index (κ3) is 3.81. The fourth-order valence-corrected chi connectivity index (χ4v) is 5.33. The van der Waals surface area contributed by atoms with Gasteiger partial charge in [-0.3, -0.25) is 4.79 Å². The number of carbonyl (C=O) groups excluding carboxylic acids is 1. The van der Waals surface area contributed by atoms with Gasteiger partial charge in [0.1, 0.15) is 9.92 Å². The van der Waals surface area contributed by atoms with Gasteiger partial charge in [-0.15, -0.1) is 11.3 Å². The van der Waals surface area contributed by atoms with Crippen LogP contribution in [0.25, 0.3) is 11.0 Å². The van der Waals surface area contributed by atoms with Crippen LogP contribution in [0, 0.1) is 6.92 Å². The third-order valence-corrected chi connectivity index (χ3v) is 6.95. The molecule has 6 heteroatoms. The summed E-state index contributed by atoms with van der Waals surface area (Å²) in [6.07, 6.45) is 5.78. The number of carbonyl (C=O) groups is 1. The van der Waals surface area contributed by atoms with Crippen molar-refractivity contribution in [2.75, 3.05) is 0 Å². The molecule has 26 heavy (non-hydrogen) atoms. The van der Waals surface area contributed by atoms with Crippen LogP contribution in [0.2, 0.25) is 0 Å². The van der Waals surface area contributed by atoms with Crippen LogP contribution in [0.15, 0.2) is 38.4 Å². The summed E-state index contributed by atoms with van der Waals surface area (Å²) < 4.78 is 6.97. The SMILES string of the molecule is Cc1csc(SCc2c(C(=O)NC3CCCCC3)oc3ccccc23)n1. The van der Waals surface area contributed by atoms with Gasteiger partial charge in [0.05, 0.1) is 0 Å². The number of fused-ring (bicyclic) bond motifs is 1. The van der Waals surface area contributed by atoms with E-state index in [9.17, 15) is 4.79 Å². The van der Waals surface area contributed by atoms with Crippen LogP contribution < -0.4 is 5.32 Å². The maximum atomic E-state index is 12.9. The van der Waals surface area contributed by atoms with Gasteiger partial charge in [0.2, 0.25) is 0 Å². The second kappa shape index (κ2) is 7.84. The molecule has 1 fully saturated rings. The van der Waals surface area contributed by atoms with E-state index in [0.717, 1.165) is 39.4 Å². The average Bonchev–Trinajstić information content (AvgIpc) is 3.24. The molecule has 2 aromatic heterocycles. The average molecular weight is 387 g/mol. The molecule has 4 rings (SSSR count). The van der Waals surface area contributed by atoms with Crippen LogP contribution in [-0.2, 0) is 5.75 Å². The number of nitrogens with one attached hydrogen (secondary N) is 1. The Bertz CT molecular complexity index is 910. The molecule has 136 valence electrons. The lowest BCUT2D eigenvalue weighted by atomic mass is 9.95.